The van der Waals surface area contributed by atoms with E-state index in [4.69, 9.17) is 23.2 Å². The lowest BCUT2D eigenvalue weighted by Crippen LogP contribution is -2.30. The van der Waals surface area contributed by atoms with E-state index in [0.717, 1.165) is 29.1 Å². The molecule has 0 bridgehead atoms. The molecule has 0 radical (unpaired) electrons. The molecule has 1 unspecified atom stereocenters. The van der Waals surface area contributed by atoms with Crippen molar-refractivity contribution in [3.05, 3.63) is 49.9 Å². The maximum absolute atomic E-state index is 6.23. The molecule has 0 aliphatic rings. The fraction of sp³-hybridized carbons (Fsp3) is 0.357. The van der Waals surface area contributed by atoms with Crippen molar-refractivity contribution in [2.24, 2.45) is 0 Å². The van der Waals surface area contributed by atoms with Crippen molar-refractivity contribution in [1.82, 2.24) is 10.3 Å². The molecule has 19 heavy (non-hydrogen) atoms. The van der Waals surface area contributed by atoms with Crippen molar-refractivity contribution < 1.29 is 0 Å². The van der Waals surface area contributed by atoms with Gasteiger partial charge in [0.05, 0.1) is 15.1 Å². The van der Waals surface area contributed by atoms with Gasteiger partial charge in [-0.15, -0.1) is 11.3 Å². The first kappa shape index (κ1) is 14.8. The third kappa shape index (κ3) is 3.93. The highest BCUT2D eigenvalue weighted by Crippen LogP contribution is 2.27. The van der Waals surface area contributed by atoms with Crippen LogP contribution in [-0.4, -0.2) is 18.1 Å². The molecule has 1 N–H and O–H groups in total. The summed E-state index contributed by atoms with van der Waals surface area (Å²) in [6.45, 7) is 2.02. The van der Waals surface area contributed by atoms with Crippen LogP contribution in [0.3, 0.4) is 0 Å². The lowest BCUT2D eigenvalue weighted by atomic mass is 10.0. The number of aryl methyl sites for hydroxylation is 1. The summed E-state index contributed by atoms with van der Waals surface area (Å²) in [5, 5.41) is 7.81. The number of aromatic nitrogens is 1. The minimum atomic E-state index is 0.307. The monoisotopic (exact) mass is 314 g/mol. The Bertz CT molecular complexity index is 554. The fourth-order valence-electron chi connectivity index (χ4n) is 1.96. The van der Waals surface area contributed by atoms with Crippen molar-refractivity contribution in [3.63, 3.8) is 0 Å². The molecule has 1 atom stereocenters. The molecule has 0 spiro atoms. The van der Waals surface area contributed by atoms with Gasteiger partial charge in [-0.1, -0.05) is 35.3 Å². The van der Waals surface area contributed by atoms with E-state index in [1.165, 1.54) is 0 Å². The minimum absolute atomic E-state index is 0.307. The first-order valence-corrected chi connectivity index (χ1v) is 7.75. The average molecular weight is 315 g/mol. The largest absolute Gasteiger partial charge is 0.316 e. The normalized spacial score (nSPS) is 12.6. The van der Waals surface area contributed by atoms with Crippen LogP contribution in [0.25, 0.3) is 0 Å². The maximum atomic E-state index is 6.23. The maximum Gasteiger partial charge on any atom is 0.0943 e. The van der Waals surface area contributed by atoms with E-state index >= 15 is 0 Å². The van der Waals surface area contributed by atoms with Crippen LogP contribution < -0.4 is 5.32 Å². The molecular formula is C14H16Cl2N2S. The Hall–Kier alpha value is -0.610. The van der Waals surface area contributed by atoms with Crippen LogP contribution in [0.15, 0.2) is 23.6 Å². The van der Waals surface area contributed by atoms with Crippen LogP contribution in [0.4, 0.5) is 0 Å². The summed E-state index contributed by atoms with van der Waals surface area (Å²) < 4.78 is 0. The first-order valence-electron chi connectivity index (χ1n) is 6.11. The molecule has 0 aliphatic carbocycles. The molecule has 0 fully saturated rings. The van der Waals surface area contributed by atoms with Crippen molar-refractivity contribution in [1.29, 1.82) is 0 Å². The molecule has 102 valence electrons. The lowest BCUT2D eigenvalue weighted by molar-refractivity contribution is 0.555. The van der Waals surface area contributed by atoms with Gasteiger partial charge in [0.1, 0.15) is 0 Å². The smallest absolute Gasteiger partial charge is 0.0943 e. The highest BCUT2D eigenvalue weighted by Gasteiger charge is 2.13. The van der Waals surface area contributed by atoms with Crippen LogP contribution in [0, 0.1) is 6.92 Å². The second kappa shape index (κ2) is 6.71. The van der Waals surface area contributed by atoms with Gasteiger partial charge in [-0.3, -0.25) is 0 Å². The second-order valence-corrected chi connectivity index (χ2v) is 6.22. The Morgan fingerprint density at radius 1 is 1.32 bits per heavy atom. The van der Waals surface area contributed by atoms with Gasteiger partial charge in [0, 0.05) is 23.5 Å². The number of thiazole rings is 1. The molecule has 5 heteroatoms. The van der Waals surface area contributed by atoms with E-state index in [1.807, 2.05) is 32.2 Å². The van der Waals surface area contributed by atoms with Gasteiger partial charge in [0.2, 0.25) is 0 Å². The Kier molecular flexibility index (Phi) is 5.22. The zero-order valence-electron chi connectivity index (χ0n) is 10.9. The van der Waals surface area contributed by atoms with Gasteiger partial charge in [0.15, 0.2) is 0 Å². The molecule has 0 saturated carbocycles. The van der Waals surface area contributed by atoms with E-state index in [-0.39, 0.29) is 0 Å². The van der Waals surface area contributed by atoms with Gasteiger partial charge in [-0.05, 0) is 32.0 Å². The predicted molar refractivity (Wildman–Crippen MR) is 83.6 cm³/mol. The van der Waals surface area contributed by atoms with Crippen molar-refractivity contribution in [3.8, 4) is 0 Å². The highest BCUT2D eigenvalue weighted by molar-refractivity contribution is 7.09. The van der Waals surface area contributed by atoms with Crippen LogP contribution >= 0.6 is 34.5 Å². The molecule has 1 heterocycles. The van der Waals surface area contributed by atoms with Gasteiger partial charge < -0.3 is 5.32 Å². The minimum Gasteiger partial charge on any atom is -0.316 e. The average Bonchev–Trinajstić information content (AvgIpc) is 2.79. The number of nitrogens with zero attached hydrogens (tertiary/aromatic N) is 1. The van der Waals surface area contributed by atoms with Crippen LogP contribution in [0.1, 0.15) is 16.3 Å². The zero-order valence-corrected chi connectivity index (χ0v) is 13.2. The molecule has 0 saturated heterocycles. The summed E-state index contributed by atoms with van der Waals surface area (Å²) in [5.41, 5.74) is 2.15. The van der Waals surface area contributed by atoms with E-state index in [0.29, 0.717) is 16.1 Å². The van der Waals surface area contributed by atoms with Gasteiger partial charge in [-0.2, -0.15) is 0 Å². The first-order chi connectivity index (χ1) is 9.10. The van der Waals surface area contributed by atoms with Crippen molar-refractivity contribution >= 4 is 34.5 Å². The highest BCUT2D eigenvalue weighted by atomic mass is 35.5. The van der Waals surface area contributed by atoms with Gasteiger partial charge in [0.25, 0.3) is 0 Å². The zero-order chi connectivity index (χ0) is 13.8. The second-order valence-electron chi connectivity index (χ2n) is 4.49. The SMILES string of the molecule is CNC(Cc1nc(C)cs1)Cc1cccc(Cl)c1Cl. The number of hydrogen-bond donors (Lipinski definition) is 1. The molecule has 0 aliphatic heterocycles. The number of nitrogens with one attached hydrogen (secondary N) is 1. The number of benzene rings is 1. The number of rotatable bonds is 5. The van der Waals surface area contributed by atoms with Gasteiger partial charge in [-0.25, -0.2) is 4.98 Å². The molecule has 2 nitrogen and oxygen atoms in total. The topological polar surface area (TPSA) is 24.9 Å². The van der Waals surface area contributed by atoms with Crippen molar-refractivity contribution in [2.75, 3.05) is 7.05 Å². The van der Waals surface area contributed by atoms with E-state index in [9.17, 15) is 0 Å². The molecule has 2 rings (SSSR count). The Labute approximate surface area is 127 Å². The standard InChI is InChI=1S/C14H16Cl2N2S/c1-9-8-19-13(18-9)7-11(17-2)6-10-4-3-5-12(15)14(10)16/h3-5,8,11,17H,6-7H2,1-2H3. The molecule has 0 amide bonds. The van der Waals surface area contributed by atoms with E-state index < -0.39 is 0 Å². The Balaban J connectivity index is 2.08. The summed E-state index contributed by atoms with van der Waals surface area (Å²) in [5.74, 6) is 0. The summed E-state index contributed by atoms with van der Waals surface area (Å²) in [7, 11) is 1.96. The third-order valence-corrected chi connectivity index (χ3v) is 4.84. The molecule has 1 aromatic heterocycles. The fourth-order valence-corrected chi connectivity index (χ4v) is 3.21. The molecular weight excluding hydrogens is 299 g/mol. The summed E-state index contributed by atoms with van der Waals surface area (Å²) in [4.78, 5) is 4.50. The van der Waals surface area contributed by atoms with E-state index in [2.05, 4.69) is 15.7 Å². The summed E-state index contributed by atoms with van der Waals surface area (Å²) >= 11 is 14.0. The van der Waals surface area contributed by atoms with Crippen molar-refractivity contribution in [2.45, 2.75) is 25.8 Å². The third-order valence-electron chi connectivity index (χ3n) is 2.99. The molecule has 2 aromatic rings. The van der Waals surface area contributed by atoms with Crippen LogP contribution in [0.5, 0.6) is 0 Å². The lowest BCUT2D eigenvalue weighted by Gasteiger charge is -2.16. The van der Waals surface area contributed by atoms with E-state index in [1.54, 1.807) is 11.3 Å². The number of likely N-dealkylation sites (N-methyl/N-ethyl adjacent to an activating group) is 1. The number of halogens is 2. The predicted octanol–water partition coefficient (Wildman–Crippen LogP) is 4.13. The molecule has 1 aromatic carbocycles. The van der Waals surface area contributed by atoms with Crippen LogP contribution in [0.2, 0.25) is 10.0 Å². The summed E-state index contributed by atoms with van der Waals surface area (Å²) in [6.07, 6.45) is 1.74. The quantitative estimate of drug-likeness (QED) is 0.897. The summed E-state index contributed by atoms with van der Waals surface area (Å²) in [6, 6.07) is 6.07. The number of hydrogen-bond acceptors (Lipinski definition) is 3. The Morgan fingerprint density at radius 3 is 2.74 bits per heavy atom. The van der Waals surface area contributed by atoms with Crippen LogP contribution in [-0.2, 0) is 12.8 Å². The Morgan fingerprint density at radius 2 is 2.11 bits per heavy atom. The van der Waals surface area contributed by atoms with Gasteiger partial charge >= 0.3 is 0 Å².